The summed E-state index contributed by atoms with van der Waals surface area (Å²) >= 11 is 0. The third-order valence-electron chi connectivity index (χ3n) is 2.65. The molecule has 0 bridgehead atoms. The molecule has 1 aromatic carbocycles. The van der Waals surface area contributed by atoms with E-state index in [-0.39, 0.29) is 0 Å². The Bertz CT molecular complexity index is 221. The van der Waals surface area contributed by atoms with Crippen LogP contribution in [0.5, 0.6) is 0 Å². The fourth-order valence-electron chi connectivity index (χ4n) is 1.62. The minimum Gasteiger partial charge on any atom is -0.0622 e. The first-order chi connectivity index (χ1) is 5.38. The third-order valence-corrected chi connectivity index (χ3v) is 2.65. The molecule has 0 N–H and O–H groups in total. The Labute approximate surface area is 68.3 Å². The topological polar surface area (TPSA) is 0 Å². The van der Waals surface area contributed by atoms with Gasteiger partial charge in [0.05, 0.1) is 0 Å². The van der Waals surface area contributed by atoms with Crippen molar-refractivity contribution >= 4 is 0 Å². The average molecular weight is 146 g/mol. The van der Waals surface area contributed by atoms with Crippen molar-refractivity contribution in [2.45, 2.75) is 25.7 Å². The van der Waals surface area contributed by atoms with Crippen LogP contribution in [0.2, 0.25) is 0 Å². The summed E-state index contributed by atoms with van der Waals surface area (Å²) in [5, 5.41) is 0. The fraction of sp³-hybridized carbons (Fsp3) is 0.455. The molecule has 0 heterocycles. The van der Waals surface area contributed by atoms with Crippen molar-refractivity contribution < 1.29 is 0 Å². The second kappa shape index (κ2) is 2.69. The van der Waals surface area contributed by atoms with Crippen molar-refractivity contribution in [3.8, 4) is 0 Å². The molecule has 0 spiro atoms. The van der Waals surface area contributed by atoms with E-state index in [1.165, 1.54) is 18.4 Å². The summed E-state index contributed by atoms with van der Waals surface area (Å²) in [5.74, 6) is 1.77. The number of hydrogen-bond donors (Lipinski definition) is 0. The van der Waals surface area contributed by atoms with E-state index in [9.17, 15) is 0 Å². The van der Waals surface area contributed by atoms with Gasteiger partial charge in [0.1, 0.15) is 0 Å². The van der Waals surface area contributed by atoms with Gasteiger partial charge in [-0.25, -0.2) is 0 Å². The highest BCUT2D eigenvalue weighted by molar-refractivity contribution is 5.20. The van der Waals surface area contributed by atoms with Crippen LogP contribution < -0.4 is 0 Å². The predicted octanol–water partition coefficient (Wildman–Crippen LogP) is 3.20. The third kappa shape index (κ3) is 1.45. The zero-order valence-electron chi connectivity index (χ0n) is 6.96. The summed E-state index contributed by atoms with van der Waals surface area (Å²) in [4.78, 5) is 0. The van der Waals surface area contributed by atoms with Crippen molar-refractivity contribution in [3.05, 3.63) is 35.9 Å². The standard InChI is InChI=1S/C11H14/c1-9(11-7-8-11)10-5-3-2-4-6-10/h2-6,9,11H,7-8H2,1H3. The Hall–Kier alpha value is -0.780. The molecule has 0 radical (unpaired) electrons. The van der Waals surface area contributed by atoms with Gasteiger partial charge in [-0.05, 0) is 30.2 Å². The molecule has 0 amide bonds. The highest BCUT2D eigenvalue weighted by atomic mass is 14.3. The molecule has 11 heavy (non-hydrogen) atoms. The summed E-state index contributed by atoms with van der Waals surface area (Å²) in [6, 6.07) is 10.8. The van der Waals surface area contributed by atoms with Crippen LogP contribution in [-0.4, -0.2) is 0 Å². The van der Waals surface area contributed by atoms with Gasteiger partial charge in [-0.1, -0.05) is 37.3 Å². The quantitative estimate of drug-likeness (QED) is 0.601. The van der Waals surface area contributed by atoms with Gasteiger partial charge >= 0.3 is 0 Å². The molecule has 1 aliphatic rings. The van der Waals surface area contributed by atoms with E-state index in [0.717, 1.165) is 11.8 Å². The normalized spacial score (nSPS) is 19.7. The van der Waals surface area contributed by atoms with Crippen molar-refractivity contribution in [3.63, 3.8) is 0 Å². The molecule has 0 heteroatoms. The van der Waals surface area contributed by atoms with Crippen LogP contribution in [0, 0.1) is 5.92 Å². The van der Waals surface area contributed by atoms with Crippen molar-refractivity contribution in [1.82, 2.24) is 0 Å². The molecule has 0 aliphatic heterocycles. The molecule has 2 rings (SSSR count). The van der Waals surface area contributed by atoms with E-state index >= 15 is 0 Å². The SMILES string of the molecule is CC(c1ccccc1)C1CC1. The lowest BCUT2D eigenvalue weighted by Gasteiger charge is -2.08. The summed E-state index contributed by atoms with van der Waals surface area (Å²) in [6.07, 6.45) is 2.88. The maximum Gasteiger partial charge on any atom is -0.0162 e. The van der Waals surface area contributed by atoms with E-state index in [1.807, 2.05) is 0 Å². The van der Waals surface area contributed by atoms with E-state index in [0.29, 0.717) is 0 Å². The number of hydrogen-bond acceptors (Lipinski definition) is 0. The van der Waals surface area contributed by atoms with Crippen LogP contribution in [0.1, 0.15) is 31.2 Å². The van der Waals surface area contributed by atoms with Gasteiger partial charge in [-0.3, -0.25) is 0 Å². The molecule has 1 aliphatic carbocycles. The maximum atomic E-state index is 2.34. The predicted molar refractivity (Wildman–Crippen MR) is 47.6 cm³/mol. The molecule has 1 aromatic rings. The Kier molecular flexibility index (Phi) is 1.69. The first-order valence-electron chi connectivity index (χ1n) is 4.43. The van der Waals surface area contributed by atoms with Crippen LogP contribution >= 0.6 is 0 Å². The van der Waals surface area contributed by atoms with E-state index < -0.39 is 0 Å². The molecular formula is C11H14. The molecule has 58 valence electrons. The first kappa shape index (κ1) is 6.90. The zero-order valence-corrected chi connectivity index (χ0v) is 6.96. The summed E-state index contributed by atoms with van der Waals surface area (Å²) in [7, 11) is 0. The van der Waals surface area contributed by atoms with Crippen molar-refractivity contribution in [2.75, 3.05) is 0 Å². The Morgan fingerprint density at radius 3 is 2.36 bits per heavy atom. The van der Waals surface area contributed by atoms with E-state index in [1.54, 1.807) is 0 Å². The minimum atomic E-state index is 0.788. The van der Waals surface area contributed by atoms with Gasteiger partial charge in [-0.15, -0.1) is 0 Å². The van der Waals surface area contributed by atoms with Gasteiger partial charge in [0.25, 0.3) is 0 Å². The van der Waals surface area contributed by atoms with Crippen LogP contribution in [0.4, 0.5) is 0 Å². The Morgan fingerprint density at radius 1 is 1.18 bits per heavy atom. The second-order valence-electron chi connectivity index (χ2n) is 3.54. The summed E-state index contributed by atoms with van der Waals surface area (Å²) in [5.41, 5.74) is 1.51. The highest BCUT2D eigenvalue weighted by Gasteiger charge is 2.28. The van der Waals surface area contributed by atoms with Gasteiger partial charge in [0, 0.05) is 0 Å². The number of rotatable bonds is 2. The molecule has 0 nitrogen and oxygen atoms in total. The highest BCUT2D eigenvalue weighted by Crippen LogP contribution is 2.41. The largest absolute Gasteiger partial charge is 0.0622 e. The Morgan fingerprint density at radius 2 is 1.82 bits per heavy atom. The van der Waals surface area contributed by atoms with Crippen LogP contribution in [0.15, 0.2) is 30.3 Å². The van der Waals surface area contributed by atoms with E-state index in [4.69, 9.17) is 0 Å². The van der Waals surface area contributed by atoms with Crippen molar-refractivity contribution in [2.24, 2.45) is 5.92 Å². The lowest BCUT2D eigenvalue weighted by Crippen LogP contribution is -1.93. The number of benzene rings is 1. The average Bonchev–Trinajstić information content (AvgIpc) is 2.87. The second-order valence-corrected chi connectivity index (χ2v) is 3.54. The molecule has 1 unspecified atom stereocenters. The zero-order chi connectivity index (χ0) is 7.68. The smallest absolute Gasteiger partial charge is 0.0162 e. The summed E-state index contributed by atoms with van der Waals surface area (Å²) < 4.78 is 0. The molecule has 0 saturated heterocycles. The van der Waals surface area contributed by atoms with Crippen LogP contribution in [0.25, 0.3) is 0 Å². The molecule has 0 aromatic heterocycles. The minimum absolute atomic E-state index is 0.788. The van der Waals surface area contributed by atoms with E-state index in [2.05, 4.69) is 37.3 Å². The lowest BCUT2D eigenvalue weighted by molar-refractivity contribution is 0.664. The van der Waals surface area contributed by atoms with Gasteiger partial charge in [0.2, 0.25) is 0 Å². The maximum absolute atomic E-state index is 2.34. The lowest BCUT2D eigenvalue weighted by atomic mass is 9.97. The Balaban J connectivity index is 2.15. The monoisotopic (exact) mass is 146 g/mol. The van der Waals surface area contributed by atoms with Crippen molar-refractivity contribution in [1.29, 1.82) is 0 Å². The summed E-state index contributed by atoms with van der Waals surface area (Å²) in [6.45, 7) is 2.34. The molecule has 1 fully saturated rings. The molecule has 1 saturated carbocycles. The van der Waals surface area contributed by atoms with Gasteiger partial charge in [-0.2, -0.15) is 0 Å². The molecule has 1 atom stereocenters. The first-order valence-corrected chi connectivity index (χ1v) is 4.43. The molecular weight excluding hydrogens is 132 g/mol. The van der Waals surface area contributed by atoms with Crippen LogP contribution in [0.3, 0.4) is 0 Å². The van der Waals surface area contributed by atoms with Gasteiger partial charge in [0.15, 0.2) is 0 Å². The van der Waals surface area contributed by atoms with Gasteiger partial charge < -0.3 is 0 Å². The van der Waals surface area contributed by atoms with Crippen LogP contribution in [-0.2, 0) is 0 Å². The fourth-order valence-corrected chi connectivity index (χ4v) is 1.62.